The molecule has 0 aromatic carbocycles. The highest BCUT2D eigenvalue weighted by molar-refractivity contribution is 7.46. The van der Waals surface area contributed by atoms with Gasteiger partial charge in [-0.15, -0.1) is 0 Å². The van der Waals surface area contributed by atoms with Crippen LogP contribution in [0.2, 0.25) is 0 Å². The summed E-state index contributed by atoms with van der Waals surface area (Å²) in [6, 6.07) is 0. The van der Waals surface area contributed by atoms with Crippen molar-refractivity contribution in [1.82, 2.24) is 14.9 Å². The van der Waals surface area contributed by atoms with Crippen molar-refractivity contribution in [1.29, 1.82) is 0 Å². The minimum Gasteiger partial charge on any atom is -0.746 e. The van der Waals surface area contributed by atoms with E-state index in [1.165, 1.54) is 29.2 Å². The van der Waals surface area contributed by atoms with Crippen LogP contribution in [0.25, 0.3) is 0 Å². The van der Waals surface area contributed by atoms with E-state index in [0.717, 1.165) is 31.9 Å². The number of hydrogen-bond acceptors (Lipinski definition) is 12. The summed E-state index contributed by atoms with van der Waals surface area (Å²) >= 11 is 0. The van der Waals surface area contributed by atoms with Gasteiger partial charge >= 0.3 is 19.6 Å². The van der Waals surface area contributed by atoms with E-state index in [9.17, 15) is 28.9 Å². The Hall–Kier alpha value is -3.72. The van der Waals surface area contributed by atoms with Crippen LogP contribution in [0, 0.1) is 24.7 Å². The minimum absolute atomic E-state index is 0.0127. The molecular weight excluding hydrogens is 661 g/mol. The third kappa shape index (κ3) is 12.6. The van der Waals surface area contributed by atoms with Gasteiger partial charge in [0, 0.05) is 24.7 Å². The number of fused-ring (bicyclic) bond motifs is 1. The number of alkyl carbamates (subject to hydrolysis) is 1. The predicted molar refractivity (Wildman–Crippen MR) is 176 cm³/mol. The molecule has 1 amide bonds. The highest BCUT2D eigenvalue weighted by atomic mass is 31.2. The van der Waals surface area contributed by atoms with Gasteiger partial charge < -0.3 is 43.3 Å². The van der Waals surface area contributed by atoms with E-state index >= 15 is 0 Å². The van der Waals surface area contributed by atoms with Gasteiger partial charge in [0.25, 0.3) is 5.56 Å². The lowest BCUT2D eigenvalue weighted by Crippen LogP contribution is -2.33. The summed E-state index contributed by atoms with van der Waals surface area (Å²) in [7, 11) is -4.57. The number of H-pyrrole nitrogens is 1. The first-order valence-electron chi connectivity index (χ1n) is 16.3. The van der Waals surface area contributed by atoms with E-state index in [4.69, 9.17) is 23.5 Å². The fourth-order valence-electron chi connectivity index (χ4n) is 5.81. The van der Waals surface area contributed by atoms with Crippen LogP contribution < -0.4 is 21.5 Å². The van der Waals surface area contributed by atoms with E-state index < -0.39 is 43.6 Å². The average Bonchev–Trinajstić information content (AvgIpc) is 3.52. The van der Waals surface area contributed by atoms with Crippen molar-refractivity contribution in [3.63, 3.8) is 0 Å². The normalized spacial score (nSPS) is 27.2. The van der Waals surface area contributed by atoms with Crippen molar-refractivity contribution in [3.05, 3.63) is 93.7 Å². The number of rotatable bonds is 18. The Morgan fingerprint density at radius 2 is 1.78 bits per heavy atom. The first kappa shape index (κ1) is 38.1. The molecule has 1 saturated heterocycles. The van der Waals surface area contributed by atoms with Gasteiger partial charge in [0.1, 0.15) is 18.4 Å². The molecule has 15 nitrogen and oxygen atoms in total. The smallest absolute Gasteiger partial charge is 0.407 e. The molecule has 3 N–H and O–H groups in total. The molecule has 1 saturated carbocycles. The number of aromatic nitrogens is 2. The minimum atomic E-state index is -4.57. The number of aliphatic hydroxyl groups excluding tert-OH is 1. The van der Waals surface area contributed by atoms with Crippen LogP contribution >= 0.6 is 7.82 Å². The average molecular weight is 707 g/mol. The summed E-state index contributed by atoms with van der Waals surface area (Å²) in [6.07, 6.45) is 20.1. The highest BCUT2D eigenvalue weighted by Gasteiger charge is 2.49. The summed E-state index contributed by atoms with van der Waals surface area (Å²) in [5, 5.41) is 12.3. The first-order valence-corrected chi connectivity index (χ1v) is 17.8. The number of aliphatic hydroxyl groups is 1. The lowest BCUT2D eigenvalue weighted by atomic mass is 10.1. The molecule has 4 rings (SSSR count). The summed E-state index contributed by atoms with van der Waals surface area (Å²) in [6.45, 7) is 1.83. The number of aromatic amines is 1. The van der Waals surface area contributed by atoms with Gasteiger partial charge in [-0.25, -0.2) is 9.59 Å². The molecule has 49 heavy (non-hydrogen) atoms. The maximum Gasteiger partial charge on any atom is 0.407 e. The van der Waals surface area contributed by atoms with Crippen molar-refractivity contribution < 1.29 is 47.4 Å². The number of carbonyl (C=O) groups excluding carboxylic acids is 1. The number of amides is 1. The van der Waals surface area contributed by atoms with Gasteiger partial charge in [-0.1, -0.05) is 36.5 Å². The molecule has 3 aliphatic rings. The van der Waals surface area contributed by atoms with Crippen molar-refractivity contribution in [2.45, 2.75) is 57.5 Å². The fraction of sp³-hybridized carbons (Fsp3) is 0.545. The highest BCUT2D eigenvalue weighted by Crippen LogP contribution is 2.52. The molecule has 7 atom stereocenters. The van der Waals surface area contributed by atoms with Crippen LogP contribution in [-0.2, 0) is 32.6 Å². The Kier molecular flexibility index (Phi) is 15.1. The van der Waals surface area contributed by atoms with Crippen LogP contribution in [0.4, 0.5) is 4.79 Å². The Morgan fingerprint density at radius 3 is 2.49 bits per heavy atom. The van der Waals surface area contributed by atoms with Gasteiger partial charge in [-0.3, -0.25) is 18.9 Å². The molecule has 0 radical (unpaired) electrons. The van der Waals surface area contributed by atoms with E-state index in [-0.39, 0.29) is 39.4 Å². The molecule has 1 aromatic rings. The quantitative estimate of drug-likeness (QED) is 0.0664. The van der Waals surface area contributed by atoms with Gasteiger partial charge in [0.15, 0.2) is 0 Å². The van der Waals surface area contributed by atoms with Crippen molar-refractivity contribution in [3.8, 4) is 0 Å². The summed E-state index contributed by atoms with van der Waals surface area (Å²) < 4.78 is 44.6. The fourth-order valence-corrected chi connectivity index (χ4v) is 6.39. The number of ether oxygens (including phenoxy) is 4. The summed E-state index contributed by atoms with van der Waals surface area (Å²) in [4.78, 5) is 49.8. The van der Waals surface area contributed by atoms with E-state index in [2.05, 4.69) is 27.0 Å². The van der Waals surface area contributed by atoms with Crippen LogP contribution in [0.5, 0.6) is 0 Å². The Labute approximate surface area is 284 Å². The molecular formula is C33H45N3O12P-. The second-order valence-corrected chi connectivity index (χ2v) is 13.1. The maximum atomic E-state index is 12.1. The van der Waals surface area contributed by atoms with Gasteiger partial charge in [-0.2, -0.15) is 0 Å². The van der Waals surface area contributed by atoms with Crippen molar-refractivity contribution >= 4 is 13.9 Å². The largest absolute Gasteiger partial charge is 0.746 e. The van der Waals surface area contributed by atoms with Crippen LogP contribution in [0.15, 0.2) is 76.9 Å². The molecule has 1 aromatic heterocycles. The number of phosphoric ester groups is 1. The monoisotopic (exact) mass is 706 g/mol. The number of nitrogens with one attached hydrogen (secondary N) is 2. The van der Waals surface area contributed by atoms with Crippen LogP contribution in [-0.4, -0.2) is 72.5 Å². The lowest BCUT2D eigenvalue weighted by Gasteiger charge is -2.20. The van der Waals surface area contributed by atoms with Gasteiger partial charge in [0.05, 0.1) is 45.6 Å². The molecule has 0 spiro atoms. The SMILES string of the molecule is Cc1cn([C@H]2CC(O/C=C/C=C/C=C/C=C/OP(=O)([O-])OCCOCCNC(=O)OCC3[C@H]4CC/C=C\CC[C@@H]34)[C@@H](CO)O2)c(=O)[nH]c1=O. The second-order valence-electron chi connectivity index (χ2n) is 11.8. The zero-order valence-corrected chi connectivity index (χ0v) is 28.3. The van der Waals surface area contributed by atoms with E-state index in [1.54, 1.807) is 31.2 Å². The molecule has 3 unspecified atom stereocenters. The Balaban J connectivity index is 1.01. The molecule has 1 aliphatic heterocycles. The number of hydrogen-bond donors (Lipinski definition) is 3. The van der Waals surface area contributed by atoms with E-state index in [0.29, 0.717) is 29.9 Å². The zero-order valence-electron chi connectivity index (χ0n) is 27.4. The molecule has 2 fully saturated rings. The molecule has 2 heterocycles. The summed E-state index contributed by atoms with van der Waals surface area (Å²) in [5.74, 6) is 1.76. The first-order chi connectivity index (χ1) is 23.7. The topological polar surface area (TPSA) is 200 Å². The van der Waals surface area contributed by atoms with Crippen molar-refractivity contribution in [2.75, 3.05) is 39.6 Å². The second kappa shape index (κ2) is 19.5. The zero-order chi connectivity index (χ0) is 35.1. The van der Waals surface area contributed by atoms with Gasteiger partial charge in [0.2, 0.25) is 0 Å². The number of phosphoric acid groups is 1. The lowest BCUT2D eigenvalue weighted by molar-refractivity contribution is -0.221. The van der Waals surface area contributed by atoms with E-state index in [1.807, 2.05) is 0 Å². The number of nitrogens with zero attached hydrogens (tertiary/aromatic N) is 1. The van der Waals surface area contributed by atoms with Crippen LogP contribution in [0.3, 0.4) is 0 Å². The number of aryl methyl sites for hydroxylation is 1. The Bertz CT molecular complexity index is 1520. The third-order valence-electron chi connectivity index (χ3n) is 8.38. The standard InChI is InChI=1S/C33H46N3O12P/c1-24-21-36(32(39)35-31(24)38)30-20-28(29(22-37)48-30)44-15-10-6-2-3-7-11-16-46-49(41,42)47-19-18-43-17-14-34-33(40)45-23-27-25-12-8-4-5-9-13-26(25)27/h2-7,10-11,15-16,21,25-30,37H,8-9,12-14,17-20,22-23H2,1H3,(H,34,40)(H,41,42)(H,35,38,39)/p-1/b5-4-,6-2+,7-3+,15-10+,16-11+/t25-,26+,27?,28?,29-,30-/m1/s1. The Morgan fingerprint density at radius 1 is 1.08 bits per heavy atom. The number of carbonyl (C=O) groups is 1. The van der Waals surface area contributed by atoms with Crippen molar-refractivity contribution in [2.24, 2.45) is 17.8 Å². The third-order valence-corrected chi connectivity index (χ3v) is 9.26. The van der Waals surface area contributed by atoms with Gasteiger partial charge in [-0.05, 0) is 62.5 Å². The molecule has 270 valence electrons. The summed E-state index contributed by atoms with van der Waals surface area (Å²) in [5.41, 5.74) is -0.723. The molecule has 16 heteroatoms. The molecule has 2 aliphatic carbocycles. The molecule has 0 bridgehead atoms. The predicted octanol–water partition coefficient (Wildman–Crippen LogP) is 2.89. The number of allylic oxidation sites excluding steroid dienone is 8. The maximum absolute atomic E-state index is 12.1. The van der Waals surface area contributed by atoms with Crippen LogP contribution in [0.1, 0.15) is 43.9 Å².